The minimum Gasteiger partial charge on any atom is -0.354 e. The Kier molecular flexibility index (Phi) is 6.42. The molecular formula is C45H29N5. The fraction of sp³-hybridized carbons (Fsp3) is 0. The Balaban J connectivity index is 1.17. The van der Waals surface area contributed by atoms with Gasteiger partial charge in [-0.05, 0) is 53.6 Å². The highest BCUT2D eigenvalue weighted by molar-refractivity contribution is 6.25. The van der Waals surface area contributed by atoms with Gasteiger partial charge in [0.25, 0.3) is 0 Å². The van der Waals surface area contributed by atoms with Gasteiger partial charge in [-0.1, -0.05) is 127 Å². The van der Waals surface area contributed by atoms with Crippen LogP contribution in [0.1, 0.15) is 0 Å². The van der Waals surface area contributed by atoms with E-state index in [1.54, 1.807) is 0 Å². The molecule has 0 saturated heterocycles. The molecule has 0 bridgehead atoms. The second-order valence-electron chi connectivity index (χ2n) is 12.6. The number of benzene rings is 7. The minimum atomic E-state index is 0.637. The van der Waals surface area contributed by atoms with Crippen molar-refractivity contribution in [3.63, 3.8) is 0 Å². The van der Waals surface area contributed by atoms with Crippen LogP contribution in [0, 0.1) is 0 Å². The molecule has 0 aliphatic heterocycles. The molecule has 0 saturated carbocycles. The van der Waals surface area contributed by atoms with E-state index in [9.17, 15) is 0 Å². The molecule has 0 radical (unpaired) electrons. The summed E-state index contributed by atoms with van der Waals surface area (Å²) in [4.78, 5) is 18.5. The Morgan fingerprint density at radius 2 is 0.900 bits per heavy atom. The van der Waals surface area contributed by atoms with Crippen molar-refractivity contribution in [3.8, 4) is 51.0 Å². The summed E-state index contributed by atoms with van der Waals surface area (Å²) in [5.74, 6) is 1.94. The summed E-state index contributed by atoms with van der Waals surface area (Å²) in [6, 6.07) is 59.2. The second-order valence-corrected chi connectivity index (χ2v) is 12.6. The number of H-pyrrole nitrogens is 1. The lowest BCUT2D eigenvalue weighted by Gasteiger charge is -2.11. The first-order valence-corrected chi connectivity index (χ1v) is 16.8. The summed E-state index contributed by atoms with van der Waals surface area (Å²) < 4.78 is 2.38. The van der Waals surface area contributed by atoms with Crippen molar-refractivity contribution < 1.29 is 0 Å². The first kappa shape index (κ1) is 28.2. The normalized spacial score (nSPS) is 11.6. The van der Waals surface area contributed by atoms with Gasteiger partial charge in [0.15, 0.2) is 17.5 Å². The predicted octanol–water partition coefficient (Wildman–Crippen LogP) is 11.3. The number of nitrogens with one attached hydrogen (secondary N) is 1. The predicted molar refractivity (Wildman–Crippen MR) is 205 cm³/mol. The molecule has 1 N–H and O–H groups in total. The molecule has 7 aromatic carbocycles. The number of hydrogen-bond donors (Lipinski definition) is 1. The van der Waals surface area contributed by atoms with Crippen LogP contribution in [0.3, 0.4) is 0 Å². The smallest absolute Gasteiger partial charge is 0.164 e. The zero-order valence-corrected chi connectivity index (χ0v) is 27.0. The number of hydrogen-bond acceptors (Lipinski definition) is 3. The molecule has 234 valence electrons. The highest BCUT2D eigenvalue weighted by Crippen LogP contribution is 2.40. The summed E-state index contributed by atoms with van der Waals surface area (Å²) in [7, 11) is 0. The maximum absolute atomic E-state index is 4.96. The largest absolute Gasteiger partial charge is 0.354 e. The lowest BCUT2D eigenvalue weighted by atomic mass is 10.0. The molecule has 0 unspecified atom stereocenters. The van der Waals surface area contributed by atoms with E-state index in [2.05, 4.69) is 119 Å². The minimum absolute atomic E-state index is 0.637. The molecule has 50 heavy (non-hydrogen) atoms. The summed E-state index contributed by atoms with van der Waals surface area (Å²) in [6.07, 6.45) is 0. The van der Waals surface area contributed by atoms with Gasteiger partial charge in [-0.3, -0.25) is 0 Å². The van der Waals surface area contributed by atoms with E-state index >= 15 is 0 Å². The van der Waals surface area contributed by atoms with E-state index in [-0.39, 0.29) is 0 Å². The zero-order valence-electron chi connectivity index (χ0n) is 27.0. The monoisotopic (exact) mass is 639 g/mol. The SMILES string of the molecule is c1ccc(-c2ccc3c4c5[nH]c6ccccc6c5ccc4n(-c4ccc(-c5nc(-c6ccccc6)nc(-c6ccccc6)n5)cc4)c3c2)cc1. The van der Waals surface area contributed by atoms with Crippen molar-refractivity contribution in [1.29, 1.82) is 0 Å². The summed E-state index contributed by atoms with van der Waals surface area (Å²) in [5.41, 5.74) is 10.9. The Morgan fingerprint density at radius 1 is 0.380 bits per heavy atom. The summed E-state index contributed by atoms with van der Waals surface area (Å²) >= 11 is 0. The van der Waals surface area contributed by atoms with Gasteiger partial charge in [-0.2, -0.15) is 0 Å². The Morgan fingerprint density at radius 3 is 1.54 bits per heavy atom. The topological polar surface area (TPSA) is 59.4 Å². The molecule has 10 rings (SSSR count). The maximum Gasteiger partial charge on any atom is 0.164 e. The average Bonchev–Trinajstić information content (AvgIpc) is 3.74. The molecule has 0 spiro atoms. The Labute approximate surface area is 288 Å². The van der Waals surface area contributed by atoms with E-state index in [0.717, 1.165) is 44.4 Å². The van der Waals surface area contributed by atoms with Crippen LogP contribution in [0.25, 0.3) is 94.6 Å². The molecular weight excluding hydrogens is 611 g/mol. The van der Waals surface area contributed by atoms with Crippen LogP contribution in [0.2, 0.25) is 0 Å². The maximum atomic E-state index is 4.96. The second kappa shape index (κ2) is 11.4. The third-order valence-electron chi connectivity index (χ3n) is 9.60. The van der Waals surface area contributed by atoms with Crippen LogP contribution < -0.4 is 0 Å². The molecule has 0 fully saturated rings. The van der Waals surface area contributed by atoms with Gasteiger partial charge >= 0.3 is 0 Å². The van der Waals surface area contributed by atoms with Gasteiger partial charge in [0.1, 0.15) is 0 Å². The van der Waals surface area contributed by atoms with Gasteiger partial charge in [0.2, 0.25) is 0 Å². The molecule has 5 nitrogen and oxygen atoms in total. The van der Waals surface area contributed by atoms with Gasteiger partial charge in [-0.15, -0.1) is 0 Å². The summed E-state index contributed by atoms with van der Waals surface area (Å²) in [6.45, 7) is 0. The van der Waals surface area contributed by atoms with Gasteiger partial charge in [0.05, 0.1) is 16.6 Å². The van der Waals surface area contributed by atoms with E-state index in [1.165, 1.54) is 32.7 Å². The van der Waals surface area contributed by atoms with Gasteiger partial charge in [-0.25, -0.2) is 15.0 Å². The number of aromatic amines is 1. The van der Waals surface area contributed by atoms with Crippen LogP contribution in [0.4, 0.5) is 0 Å². The van der Waals surface area contributed by atoms with Gasteiger partial charge < -0.3 is 9.55 Å². The Bertz CT molecular complexity index is 2780. The van der Waals surface area contributed by atoms with Crippen molar-refractivity contribution in [2.45, 2.75) is 0 Å². The number of fused-ring (bicyclic) bond motifs is 7. The number of aromatic nitrogens is 5. The third kappa shape index (κ3) is 4.60. The zero-order chi connectivity index (χ0) is 33.0. The average molecular weight is 640 g/mol. The van der Waals surface area contributed by atoms with E-state index in [0.29, 0.717) is 17.5 Å². The summed E-state index contributed by atoms with van der Waals surface area (Å²) in [5, 5.41) is 4.89. The van der Waals surface area contributed by atoms with Crippen molar-refractivity contribution in [1.82, 2.24) is 24.5 Å². The number of para-hydroxylation sites is 1. The highest BCUT2D eigenvalue weighted by Gasteiger charge is 2.19. The fourth-order valence-corrected chi connectivity index (χ4v) is 7.21. The van der Waals surface area contributed by atoms with Crippen LogP contribution >= 0.6 is 0 Å². The highest BCUT2D eigenvalue weighted by atomic mass is 15.0. The molecule has 0 atom stereocenters. The van der Waals surface area contributed by atoms with Crippen LogP contribution in [-0.2, 0) is 0 Å². The lowest BCUT2D eigenvalue weighted by Crippen LogP contribution is -2.00. The molecule has 5 heteroatoms. The third-order valence-corrected chi connectivity index (χ3v) is 9.60. The van der Waals surface area contributed by atoms with E-state index < -0.39 is 0 Å². The Hall–Kier alpha value is -6.85. The van der Waals surface area contributed by atoms with Crippen LogP contribution in [-0.4, -0.2) is 24.5 Å². The number of nitrogens with zero attached hydrogens (tertiary/aromatic N) is 4. The standard InChI is InChI=1S/C45H29N5/c1-4-12-29(13-5-1)33-22-25-37-40(28-33)50(39-27-26-36-35-18-10-11-19-38(35)46-42(36)41(37)39)34-23-20-32(21-24-34)45-48-43(30-14-6-2-7-15-30)47-44(49-45)31-16-8-3-9-17-31/h1-28,46H. The quantitative estimate of drug-likeness (QED) is 0.204. The molecule has 10 aromatic rings. The lowest BCUT2D eigenvalue weighted by molar-refractivity contribution is 1.07. The molecule has 3 aromatic heterocycles. The van der Waals surface area contributed by atoms with Crippen molar-refractivity contribution in [2.75, 3.05) is 0 Å². The fourth-order valence-electron chi connectivity index (χ4n) is 7.21. The first-order chi connectivity index (χ1) is 24.8. The van der Waals surface area contributed by atoms with Gasteiger partial charge in [0, 0.05) is 49.4 Å². The van der Waals surface area contributed by atoms with Crippen molar-refractivity contribution in [2.24, 2.45) is 0 Å². The van der Waals surface area contributed by atoms with E-state index in [4.69, 9.17) is 15.0 Å². The molecule has 3 heterocycles. The van der Waals surface area contributed by atoms with Crippen LogP contribution in [0.5, 0.6) is 0 Å². The molecule has 0 aliphatic carbocycles. The molecule has 0 aliphatic rings. The van der Waals surface area contributed by atoms with Crippen molar-refractivity contribution >= 4 is 43.6 Å². The van der Waals surface area contributed by atoms with E-state index in [1.807, 2.05) is 60.7 Å². The molecule has 0 amide bonds. The van der Waals surface area contributed by atoms with Crippen molar-refractivity contribution in [3.05, 3.63) is 170 Å². The first-order valence-electron chi connectivity index (χ1n) is 16.8. The van der Waals surface area contributed by atoms with Crippen LogP contribution in [0.15, 0.2) is 170 Å². The number of rotatable bonds is 5.